The summed E-state index contributed by atoms with van der Waals surface area (Å²) in [6.07, 6.45) is 0.818. The number of aromatic nitrogens is 3. The van der Waals surface area contributed by atoms with Gasteiger partial charge in [0.05, 0.1) is 11.4 Å². The Hall–Kier alpha value is -2.83. The van der Waals surface area contributed by atoms with Crippen LogP contribution in [0.2, 0.25) is 5.02 Å². The first-order valence-electron chi connectivity index (χ1n) is 10.1. The predicted molar refractivity (Wildman–Crippen MR) is 127 cm³/mol. The molecule has 0 radical (unpaired) electrons. The first-order valence-corrected chi connectivity index (χ1v) is 11.4. The predicted octanol–water partition coefficient (Wildman–Crippen LogP) is 5.12. The molecule has 0 atom stereocenters. The number of hydrogen-bond acceptors (Lipinski definition) is 4. The first-order chi connectivity index (χ1) is 15.0. The van der Waals surface area contributed by atoms with Gasteiger partial charge in [-0.15, -0.1) is 0 Å². The third-order valence-electron chi connectivity index (χ3n) is 4.92. The molecule has 0 saturated carbocycles. The molecule has 0 aliphatic carbocycles. The Morgan fingerprint density at radius 1 is 1.10 bits per heavy atom. The van der Waals surface area contributed by atoms with Crippen molar-refractivity contribution in [2.24, 2.45) is 0 Å². The summed E-state index contributed by atoms with van der Waals surface area (Å²) in [4.78, 5) is 17.1. The highest BCUT2D eigenvalue weighted by molar-refractivity contribution is 7.99. The molecule has 158 valence electrons. The van der Waals surface area contributed by atoms with E-state index in [1.165, 1.54) is 17.3 Å². The SMILES string of the molecule is Cc1cc(SCC(=O)NCCc2ccccc2)n2nc(C)c(-c3ccc(Cl)cc3)c2n1. The topological polar surface area (TPSA) is 59.3 Å². The van der Waals surface area contributed by atoms with E-state index in [-0.39, 0.29) is 5.91 Å². The van der Waals surface area contributed by atoms with Crippen molar-refractivity contribution >= 4 is 34.9 Å². The summed E-state index contributed by atoms with van der Waals surface area (Å²) < 4.78 is 1.83. The highest BCUT2D eigenvalue weighted by Crippen LogP contribution is 2.31. The number of aryl methyl sites for hydroxylation is 2. The summed E-state index contributed by atoms with van der Waals surface area (Å²) in [5.74, 6) is 0.327. The number of thioether (sulfide) groups is 1. The van der Waals surface area contributed by atoms with Crippen molar-refractivity contribution in [1.82, 2.24) is 19.9 Å². The van der Waals surface area contributed by atoms with Gasteiger partial charge < -0.3 is 5.32 Å². The number of hydrogen-bond donors (Lipinski definition) is 1. The largest absolute Gasteiger partial charge is 0.355 e. The number of benzene rings is 2. The van der Waals surface area contributed by atoms with Crippen molar-refractivity contribution in [3.8, 4) is 11.1 Å². The number of fused-ring (bicyclic) bond motifs is 1. The fourth-order valence-corrected chi connectivity index (χ4v) is 4.46. The minimum atomic E-state index is 0.00495. The van der Waals surface area contributed by atoms with Gasteiger partial charge in [-0.05, 0) is 49.6 Å². The van der Waals surface area contributed by atoms with E-state index in [4.69, 9.17) is 21.7 Å². The van der Waals surface area contributed by atoms with E-state index < -0.39 is 0 Å². The van der Waals surface area contributed by atoms with Crippen LogP contribution in [0.3, 0.4) is 0 Å². The van der Waals surface area contributed by atoms with Gasteiger partial charge in [-0.1, -0.05) is 65.8 Å². The molecule has 7 heteroatoms. The number of nitrogens with one attached hydrogen (secondary N) is 1. The van der Waals surface area contributed by atoms with Gasteiger partial charge in [0.15, 0.2) is 5.65 Å². The van der Waals surface area contributed by atoms with Gasteiger partial charge >= 0.3 is 0 Å². The lowest BCUT2D eigenvalue weighted by molar-refractivity contribution is -0.118. The second kappa shape index (κ2) is 9.54. The fraction of sp³-hybridized carbons (Fsp3) is 0.208. The van der Waals surface area contributed by atoms with E-state index in [0.29, 0.717) is 17.3 Å². The molecule has 2 aromatic carbocycles. The van der Waals surface area contributed by atoms with E-state index in [9.17, 15) is 4.79 Å². The Kier molecular flexibility index (Phi) is 6.59. The van der Waals surface area contributed by atoms with Crippen molar-refractivity contribution < 1.29 is 4.79 Å². The molecular formula is C24H23ClN4OS. The van der Waals surface area contributed by atoms with Crippen LogP contribution in [0.25, 0.3) is 16.8 Å². The molecule has 0 aliphatic rings. The Morgan fingerprint density at radius 3 is 2.58 bits per heavy atom. The van der Waals surface area contributed by atoms with Crippen LogP contribution >= 0.6 is 23.4 Å². The lowest BCUT2D eigenvalue weighted by Crippen LogP contribution is -2.27. The molecule has 4 aromatic rings. The molecule has 1 N–H and O–H groups in total. The van der Waals surface area contributed by atoms with Crippen LogP contribution in [0.15, 0.2) is 65.7 Å². The Bertz CT molecular complexity index is 1210. The summed E-state index contributed by atoms with van der Waals surface area (Å²) in [6.45, 7) is 4.55. The van der Waals surface area contributed by atoms with E-state index in [1.807, 2.05) is 66.9 Å². The zero-order chi connectivity index (χ0) is 21.8. The monoisotopic (exact) mass is 450 g/mol. The van der Waals surface area contributed by atoms with Gasteiger partial charge in [-0.25, -0.2) is 9.50 Å². The third kappa shape index (κ3) is 5.09. The highest BCUT2D eigenvalue weighted by atomic mass is 35.5. The molecule has 0 bridgehead atoms. The maximum Gasteiger partial charge on any atom is 0.230 e. The van der Waals surface area contributed by atoms with Crippen LogP contribution in [-0.4, -0.2) is 32.8 Å². The second-order valence-corrected chi connectivity index (χ2v) is 8.74. The molecule has 2 aromatic heterocycles. The van der Waals surface area contributed by atoms with Crippen molar-refractivity contribution in [3.63, 3.8) is 0 Å². The van der Waals surface area contributed by atoms with Crippen LogP contribution in [0.4, 0.5) is 0 Å². The molecule has 0 aliphatic heterocycles. The van der Waals surface area contributed by atoms with Gasteiger partial charge in [0.25, 0.3) is 0 Å². The molecule has 4 rings (SSSR count). The zero-order valence-electron chi connectivity index (χ0n) is 17.4. The van der Waals surface area contributed by atoms with Crippen molar-refractivity contribution in [2.45, 2.75) is 25.3 Å². The van der Waals surface area contributed by atoms with Crippen molar-refractivity contribution in [1.29, 1.82) is 0 Å². The van der Waals surface area contributed by atoms with Gasteiger partial charge in [0, 0.05) is 22.8 Å². The summed E-state index contributed by atoms with van der Waals surface area (Å²) in [5, 5.41) is 9.28. The summed E-state index contributed by atoms with van der Waals surface area (Å²) in [6, 6.07) is 19.8. The number of carbonyl (C=O) groups excluding carboxylic acids is 1. The smallest absolute Gasteiger partial charge is 0.230 e. The van der Waals surface area contributed by atoms with E-state index in [1.54, 1.807) is 0 Å². The van der Waals surface area contributed by atoms with E-state index in [0.717, 1.165) is 39.6 Å². The van der Waals surface area contributed by atoms with Gasteiger partial charge in [-0.2, -0.15) is 5.10 Å². The minimum Gasteiger partial charge on any atom is -0.355 e. The van der Waals surface area contributed by atoms with Crippen LogP contribution in [0.5, 0.6) is 0 Å². The minimum absolute atomic E-state index is 0.00495. The number of amides is 1. The van der Waals surface area contributed by atoms with Crippen molar-refractivity contribution in [2.75, 3.05) is 12.3 Å². The van der Waals surface area contributed by atoms with Crippen molar-refractivity contribution in [3.05, 3.63) is 82.6 Å². The quantitative estimate of drug-likeness (QED) is 0.313. The average molecular weight is 451 g/mol. The van der Waals surface area contributed by atoms with Crippen LogP contribution in [0.1, 0.15) is 17.0 Å². The summed E-state index contributed by atoms with van der Waals surface area (Å²) in [5.41, 5.74) is 5.76. The average Bonchev–Trinajstić information content (AvgIpc) is 3.09. The Labute approximate surface area is 190 Å². The highest BCUT2D eigenvalue weighted by Gasteiger charge is 2.17. The molecule has 31 heavy (non-hydrogen) atoms. The fourth-order valence-electron chi connectivity index (χ4n) is 3.45. The summed E-state index contributed by atoms with van der Waals surface area (Å²) in [7, 11) is 0. The number of nitrogens with zero attached hydrogens (tertiary/aromatic N) is 3. The second-order valence-electron chi connectivity index (χ2n) is 7.31. The Morgan fingerprint density at radius 2 is 1.84 bits per heavy atom. The Balaban J connectivity index is 1.48. The maximum absolute atomic E-state index is 12.4. The zero-order valence-corrected chi connectivity index (χ0v) is 19.0. The standard InChI is InChI=1S/C24H23ClN4OS/c1-16-14-22(31-15-21(30)26-13-12-18-6-4-3-5-7-18)29-24(27-16)23(17(2)28-29)19-8-10-20(25)11-9-19/h3-11,14H,12-13,15H2,1-2H3,(H,26,30). The number of rotatable bonds is 7. The number of carbonyl (C=O) groups is 1. The van der Waals surface area contributed by atoms with Gasteiger partial charge in [0.1, 0.15) is 5.03 Å². The lowest BCUT2D eigenvalue weighted by atomic mass is 10.1. The first kappa shape index (κ1) is 21.4. The number of halogens is 1. The van der Waals surface area contributed by atoms with Gasteiger partial charge in [0.2, 0.25) is 5.91 Å². The maximum atomic E-state index is 12.4. The normalized spacial score (nSPS) is 11.1. The van der Waals surface area contributed by atoms with E-state index >= 15 is 0 Å². The van der Waals surface area contributed by atoms with E-state index in [2.05, 4.69) is 17.4 Å². The molecular weight excluding hydrogens is 428 g/mol. The molecule has 0 unspecified atom stereocenters. The molecule has 5 nitrogen and oxygen atoms in total. The molecule has 1 amide bonds. The van der Waals surface area contributed by atoms with Gasteiger partial charge in [-0.3, -0.25) is 4.79 Å². The molecule has 2 heterocycles. The van der Waals surface area contributed by atoms with Crippen LogP contribution in [0, 0.1) is 13.8 Å². The molecule has 0 saturated heterocycles. The third-order valence-corrected chi connectivity index (χ3v) is 6.17. The summed E-state index contributed by atoms with van der Waals surface area (Å²) >= 11 is 7.51. The molecule has 0 fully saturated rings. The van der Waals surface area contributed by atoms with Crippen LogP contribution in [-0.2, 0) is 11.2 Å². The van der Waals surface area contributed by atoms with Crippen LogP contribution < -0.4 is 5.32 Å². The molecule has 0 spiro atoms. The lowest BCUT2D eigenvalue weighted by Gasteiger charge is -2.08.